The number of hydrogen-bond donors (Lipinski definition) is 2. The second-order valence-electron chi connectivity index (χ2n) is 12.2. The Morgan fingerprint density at radius 2 is 0.900 bits per heavy atom. The molecular weight excluding hydrogens is 496 g/mol. The van der Waals surface area contributed by atoms with Gasteiger partial charge in [0, 0.05) is 19.5 Å². The minimum absolute atomic E-state index is 0.0435. The molecule has 1 amide bonds. The maximum absolute atomic E-state index is 13.5. The molecule has 0 rings (SSSR count). The molecular formula is C35H70N2O3. The molecule has 0 aliphatic rings. The summed E-state index contributed by atoms with van der Waals surface area (Å²) in [7, 11) is 0. The molecule has 238 valence electrons. The van der Waals surface area contributed by atoms with Crippen molar-refractivity contribution in [1.82, 2.24) is 10.2 Å². The summed E-state index contributed by atoms with van der Waals surface area (Å²) in [5.74, 6) is -0.704. The van der Waals surface area contributed by atoms with Crippen LogP contribution < -0.4 is 5.32 Å². The van der Waals surface area contributed by atoms with Crippen LogP contribution in [0.25, 0.3) is 0 Å². The van der Waals surface area contributed by atoms with Gasteiger partial charge in [0.25, 0.3) is 0 Å². The Labute approximate surface area is 250 Å². The van der Waals surface area contributed by atoms with Gasteiger partial charge in [0.15, 0.2) is 0 Å². The molecule has 0 saturated heterocycles. The van der Waals surface area contributed by atoms with Crippen molar-refractivity contribution < 1.29 is 14.7 Å². The quantitative estimate of drug-likeness (QED) is 0.0795. The van der Waals surface area contributed by atoms with Crippen LogP contribution in [-0.2, 0) is 9.59 Å². The van der Waals surface area contributed by atoms with Gasteiger partial charge >= 0.3 is 5.97 Å². The van der Waals surface area contributed by atoms with Crippen LogP contribution in [0, 0.1) is 0 Å². The van der Waals surface area contributed by atoms with Gasteiger partial charge in [-0.2, -0.15) is 0 Å². The first-order valence-corrected chi connectivity index (χ1v) is 17.8. The largest absolute Gasteiger partial charge is 0.481 e. The number of carboxylic acid groups (broad SMARTS) is 1. The zero-order chi connectivity index (χ0) is 29.5. The summed E-state index contributed by atoms with van der Waals surface area (Å²) < 4.78 is 0. The molecule has 0 bridgehead atoms. The van der Waals surface area contributed by atoms with Gasteiger partial charge in [-0.25, -0.2) is 0 Å². The molecule has 1 atom stereocenters. The number of amides is 1. The highest BCUT2D eigenvalue weighted by molar-refractivity contribution is 5.82. The predicted octanol–water partition coefficient (Wildman–Crippen LogP) is 10.1. The summed E-state index contributed by atoms with van der Waals surface area (Å²) in [6.07, 6.45) is 31.2. The van der Waals surface area contributed by atoms with E-state index < -0.39 is 5.97 Å². The van der Waals surface area contributed by atoms with Crippen LogP contribution in [0.15, 0.2) is 0 Å². The van der Waals surface area contributed by atoms with E-state index in [2.05, 4.69) is 26.1 Å². The van der Waals surface area contributed by atoms with Crippen LogP contribution in [0.1, 0.15) is 188 Å². The number of nitrogens with zero attached hydrogens (tertiary/aromatic N) is 1. The molecule has 0 fully saturated rings. The van der Waals surface area contributed by atoms with E-state index in [1.165, 1.54) is 122 Å². The lowest BCUT2D eigenvalue weighted by molar-refractivity contribution is -0.138. The number of nitrogens with one attached hydrogen (secondary N) is 1. The molecule has 5 nitrogen and oxygen atoms in total. The first-order chi connectivity index (χ1) is 19.6. The third-order valence-electron chi connectivity index (χ3n) is 8.24. The number of carbonyl (C=O) groups excluding carboxylic acids is 1. The number of carbonyl (C=O) groups is 2. The molecule has 1 unspecified atom stereocenters. The van der Waals surface area contributed by atoms with Gasteiger partial charge in [0.2, 0.25) is 5.91 Å². The summed E-state index contributed by atoms with van der Waals surface area (Å²) in [6.45, 7) is 9.10. The summed E-state index contributed by atoms with van der Waals surface area (Å²) in [5, 5.41) is 12.7. The molecule has 0 spiro atoms. The normalized spacial score (nSPS) is 12.1. The van der Waals surface area contributed by atoms with Crippen molar-refractivity contribution in [2.24, 2.45) is 0 Å². The second-order valence-corrected chi connectivity index (χ2v) is 12.2. The van der Waals surface area contributed by atoms with Gasteiger partial charge in [0.05, 0.1) is 6.04 Å². The monoisotopic (exact) mass is 567 g/mol. The van der Waals surface area contributed by atoms with Crippen molar-refractivity contribution >= 4 is 11.9 Å². The van der Waals surface area contributed by atoms with E-state index in [1.807, 2.05) is 4.90 Å². The number of unbranched alkanes of at least 4 members (excludes halogenated alkanes) is 21. The lowest BCUT2D eigenvalue weighted by Gasteiger charge is -2.28. The summed E-state index contributed by atoms with van der Waals surface area (Å²) in [6, 6.07) is -0.371. The van der Waals surface area contributed by atoms with Crippen molar-refractivity contribution in [2.75, 3.05) is 19.6 Å². The summed E-state index contributed by atoms with van der Waals surface area (Å²) >= 11 is 0. The van der Waals surface area contributed by atoms with Crippen LogP contribution in [0.4, 0.5) is 0 Å². The highest BCUT2D eigenvalue weighted by Crippen LogP contribution is 2.14. The number of rotatable bonds is 32. The Bertz CT molecular complexity index is 543. The van der Waals surface area contributed by atoms with Gasteiger partial charge in [-0.3, -0.25) is 9.59 Å². The lowest BCUT2D eigenvalue weighted by atomic mass is 10.0. The first kappa shape index (κ1) is 38.9. The Hall–Kier alpha value is -1.10. The van der Waals surface area contributed by atoms with E-state index in [0.29, 0.717) is 6.42 Å². The highest BCUT2D eigenvalue weighted by atomic mass is 16.4. The van der Waals surface area contributed by atoms with E-state index >= 15 is 0 Å². The molecule has 0 aromatic carbocycles. The Balaban J connectivity index is 4.17. The van der Waals surface area contributed by atoms with Gasteiger partial charge in [0.1, 0.15) is 0 Å². The van der Waals surface area contributed by atoms with Crippen molar-refractivity contribution in [2.45, 2.75) is 194 Å². The Kier molecular flexibility index (Phi) is 30.0. The molecule has 40 heavy (non-hydrogen) atoms. The maximum Gasteiger partial charge on any atom is 0.303 e. The Morgan fingerprint density at radius 1 is 0.550 bits per heavy atom. The molecule has 0 aromatic heterocycles. The van der Waals surface area contributed by atoms with Crippen molar-refractivity contribution in [3.05, 3.63) is 0 Å². The van der Waals surface area contributed by atoms with Crippen LogP contribution in [0.5, 0.6) is 0 Å². The van der Waals surface area contributed by atoms with Crippen LogP contribution in [0.2, 0.25) is 0 Å². The summed E-state index contributed by atoms with van der Waals surface area (Å²) in [4.78, 5) is 26.7. The molecule has 0 aromatic rings. The lowest BCUT2D eigenvalue weighted by Crippen LogP contribution is -2.47. The van der Waals surface area contributed by atoms with Crippen molar-refractivity contribution in [1.29, 1.82) is 0 Å². The number of aliphatic carboxylic acids is 1. The molecule has 5 heteroatoms. The van der Waals surface area contributed by atoms with E-state index in [1.54, 1.807) is 0 Å². The van der Waals surface area contributed by atoms with Crippen molar-refractivity contribution in [3.8, 4) is 0 Å². The third-order valence-corrected chi connectivity index (χ3v) is 8.24. The first-order valence-electron chi connectivity index (χ1n) is 17.8. The van der Waals surface area contributed by atoms with Crippen LogP contribution in [0.3, 0.4) is 0 Å². The molecule has 0 aliphatic carbocycles. The van der Waals surface area contributed by atoms with Crippen LogP contribution >= 0.6 is 0 Å². The van der Waals surface area contributed by atoms with E-state index in [9.17, 15) is 14.7 Å². The van der Waals surface area contributed by atoms with Gasteiger partial charge < -0.3 is 15.3 Å². The fourth-order valence-corrected chi connectivity index (χ4v) is 5.54. The SMILES string of the molecule is CCCCCCCCCCCCCCCCCCNC(CCC(=O)O)C(=O)N(CCCCCC)CCCCCC. The van der Waals surface area contributed by atoms with E-state index in [4.69, 9.17) is 0 Å². The molecule has 0 saturated carbocycles. The topological polar surface area (TPSA) is 69.6 Å². The predicted molar refractivity (Wildman–Crippen MR) is 173 cm³/mol. The maximum atomic E-state index is 13.5. The second kappa shape index (κ2) is 30.8. The van der Waals surface area contributed by atoms with Gasteiger partial charge in [-0.05, 0) is 32.2 Å². The third kappa shape index (κ3) is 25.8. The average molecular weight is 567 g/mol. The van der Waals surface area contributed by atoms with Gasteiger partial charge in [-0.1, -0.05) is 156 Å². The fourth-order valence-electron chi connectivity index (χ4n) is 5.54. The van der Waals surface area contributed by atoms with Crippen LogP contribution in [-0.4, -0.2) is 47.6 Å². The molecule has 0 radical (unpaired) electrons. The molecule has 2 N–H and O–H groups in total. The van der Waals surface area contributed by atoms with E-state index in [-0.39, 0.29) is 18.4 Å². The Morgan fingerprint density at radius 3 is 1.27 bits per heavy atom. The fraction of sp³-hybridized carbons (Fsp3) is 0.943. The molecule has 0 aliphatic heterocycles. The van der Waals surface area contributed by atoms with Crippen molar-refractivity contribution in [3.63, 3.8) is 0 Å². The zero-order valence-electron chi connectivity index (χ0n) is 27.3. The highest BCUT2D eigenvalue weighted by Gasteiger charge is 2.24. The summed E-state index contributed by atoms with van der Waals surface area (Å²) in [5.41, 5.74) is 0. The molecule has 0 heterocycles. The minimum atomic E-state index is -0.820. The average Bonchev–Trinajstić information content (AvgIpc) is 2.95. The zero-order valence-corrected chi connectivity index (χ0v) is 27.3. The standard InChI is InChI=1S/C35H70N2O3/c1-4-7-10-13-14-15-16-17-18-19-20-21-22-23-24-25-30-36-33(28-29-34(38)39)35(40)37(31-26-11-8-5-2)32-27-12-9-6-3/h33,36H,4-32H2,1-3H3,(H,38,39). The number of hydrogen-bond acceptors (Lipinski definition) is 3. The smallest absolute Gasteiger partial charge is 0.303 e. The van der Waals surface area contributed by atoms with Gasteiger partial charge in [-0.15, -0.1) is 0 Å². The number of carboxylic acids is 1. The van der Waals surface area contributed by atoms with E-state index in [0.717, 1.165) is 51.7 Å². The minimum Gasteiger partial charge on any atom is -0.481 e.